The van der Waals surface area contributed by atoms with E-state index in [1.807, 2.05) is 33.0 Å². The molecule has 2 rings (SSSR count). The summed E-state index contributed by atoms with van der Waals surface area (Å²) in [5.74, 6) is 0. The van der Waals surface area contributed by atoms with E-state index in [1.54, 1.807) is 11.3 Å². The Bertz CT molecular complexity index is 502. The minimum Gasteiger partial charge on any atom is -0.323 e. The van der Waals surface area contributed by atoms with Crippen LogP contribution < -0.4 is 5.73 Å². The standard InChI is InChI=1S/C13H17N3S/c1-8-4-5-11(15-7-8)6-12(14)13-9(2)16-10(3)17-13/h4-5,7,12H,6,14H2,1-3H3. The topological polar surface area (TPSA) is 51.8 Å². The number of aryl methyl sites for hydroxylation is 3. The van der Waals surface area contributed by atoms with Crippen LogP contribution in [0, 0.1) is 20.8 Å². The molecule has 2 N–H and O–H groups in total. The molecule has 17 heavy (non-hydrogen) atoms. The Hall–Kier alpha value is -1.26. The van der Waals surface area contributed by atoms with Crippen LogP contribution in [0.3, 0.4) is 0 Å². The van der Waals surface area contributed by atoms with Crippen molar-refractivity contribution in [1.29, 1.82) is 0 Å². The quantitative estimate of drug-likeness (QED) is 0.907. The minimum atomic E-state index is -0.00333. The molecule has 0 aliphatic carbocycles. The predicted molar refractivity (Wildman–Crippen MR) is 71.2 cm³/mol. The lowest BCUT2D eigenvalue weighted by Crippen LogP contribution is -2.13. The van der Waals surface area contributed by atoms with E-state index in [2.05, 4.69) is 16.0 Å². The third-order valence-corrected chi connectivity index (χ3v) is 3.88. The third kappa shape index (κ3) is 2.90. The maximum atomic E-state index is 6.21. The second-order valence-corrected chi connectivity index (χ2v) is 5.55. The number of thiazole rings is 1. The fraction of sp³-hybridized carbons (Fsp3) is 0.385. The van der Waals surface area contributed by atoms with Crippen LogP contribution in [0.1, 0.15) is 32.9 Å². The van der Waals surface area contributed by atoms with Crippen LogP contribution in [0.4, 0.5) is 0 Å². The van der Waals surface area contributed by atoms with Crippen molar-refractivity contribution in [3.05, 3.63) is 45.2 Å². The van der Waals surface area contributed by atoms with Gasteiger partial charge < -0.3 is 5.73 Å². The molecule has 2 aromatic rings. The summed E-state index contributed by atoms with van der Waals surface area (Å²) in [7, 11) is 0. The summed E-state index contributed by atoms with van der Waals surface area (Å²) in [6.07, 6.45) is 2.65. The fourth-order valence-corrected chi connectivity index (χ4v) is 2.76. The Kier molecular flexibility index (Phi) is 3.54. The van der Waals surface area contributed by atoms with Crippen molar-refractivity contribution in [2.45, 2.75) is 33.2 Å². The number of hydrogen-bond acceptors (Lipinski definition) is 4. The number of aromatic nitrogens is 2. The highest BCUT2D eigenvalue weighted by atomic mass is 32.1. The first-order valence-corrected chi connectivity index (χ1v) is 6.49. The Morgan fingerprint density at radius 3 is 2.59 bits per heavy atom. The average molecular weight is 247 g/mol. The molecule has 0 radical (unpaired) electrons. The van der Waals surface area contributed by atoms with Gasteiger partial charge in [0, 0.05) is 29.2 Å². The molecule has 0 bridgehead atoms. The van der Waals surface area contributed by atoms with Crippen molar-refractivity contribution in [3.63, 3.8) is 0 Å². The molecule has 0 aliphatic heterocycles. The Balaban J connectivity index is 2.14. The van der Waals surface area contributed by atoms with Crippen molar-refractivity contribution >= 4 is 11.3 Å². The van der Waals surface area contributed by atoms with Crippen molar-refractivity contribution in [2.24, 2.45) is 5.73 Å². The van der Waals surface area contributed by atoms with Crippen LogP contribution in [-0.4, -0.2) is 9.97 Å². The molecular weight excluding hydrogens is 230 g/mol. The molecule has 1 atom stereocenters. The van der Waals surface area contributed by atoms with Gasteiger partial charge in [0.25, 0.3) is 0 Å². The molecule has 0 saturated heterocycles. The molecule has 90 valence electrons. The lowest BCUT2D eigenvalue weighted by molar-refractivity contribution is 0.712. The van der Waals surface area contributed by atoms with Gasteiger partial charge in [-0.1, -0.05) is 6.07 Å². The summed E-state index contributed by atoms with van der Waals surface area (Å²) in [6.45, 7) is 6.06. The van der Waals surface area contributed by atoms with Gasteiger partial charge in [0.05, 0.1) is 10.7 Å². The van der Waals surface area contributed by atoms with Crippen LogP contribution in [-0.2, 0) is 6.42 Å². The second-order valence-electron chi connectivity index (χ2n) is 4.32. The zero-order valence-electron chi connectivity index (χ0n) is 10.4. The summed E-state index contributed by atoms with van der Waals surface area (Å²) in [4.78, 5) is 9.96. The SMILES string of the molecule is Cc1ccc(CC(N)c2sc(C)nc2C)nc1. The molecule has 4 heteroatoms. The highest BCUT2D eigenvalue weighted by Crippen LogP contribution is 2.25. The minimum absolute atomic E-state index is 0.00333. The molecule has 2 heterocycles. The number of nitrogens with zero attached hydrogens (tertiary/aromatic N) is 2. The van der Waals surface area contributed by atoms with Crippen LogP contribution in [0.25, 0.3) is 0 Å². The number of nitrogens with two attached hydrogens (primary N) is 1. The van der Waals surface area contributed by atoms with E-state index < -0.39 is 0 Å². The normalized spacial score (nSPS) is 12.7. The third-order valence-electron chi connectivity index (χ3n) is 2.68. The smallest absolute Gasteiger partial charge is 0.0900 e. The zero-order valence-corrected chi connectivity index (χ0v) is 11.2. The molecule has 0 spiro atoms. The van der Waals surface area contributed by atoms with E-state index >= 15 is 0 Å². The van der Waals surface area contributed by atoms with Gasteiger partial charge in [0.2, 0.25) is 0 Å². The molecule has 0 aliphatic rings. The highest BCUT2D eigenvalue weighted by molar-refractivity contribution is 7.11. The Labute approximate surface area is 106 Å². The summed E-state index contributed by atoms with van der Waals surface area (Å²) < 4.78 is 0. The molecular formula is C13H17N3S. The van der Waals surface area contributed by atoms with Gasteiger partial charge in [0.15, 0.2) is 0 Å². The Morgan fingerprint density at radius 1 is 1.29 bits per heavy atom. The van der Waals surface area contributed by atoms with E-state index in [4.69, 9.17) is 5.73 Å². The molecule has 1 unspecified atom stereocenters. The first kappa shape index (κ1) is 12.2. The maximum Gasteiger partial charge on any atom is 0.0900 e. The number of rotatable bonds is 3. The van der Waals surface area contributed by atoms with Crippen molar-refractivity contribution in [1.82, 2.24) is 9.97 Å². The van der Waals surface area contributed by atoms with Gasteiger partial charge in [-0.15, -0.1) is 11.3 Å². The first-order chi connectivity index (χ1) is 8.06. The average Bonchev–Trinajstić information content (AvgIpc) is 2.61. The first-order valence-electron chi connectivity index (χ1n) is 5.67. The second kappa shape index (κ2) is 4.94. The van der Waals surface area contributed by atoms with Gasteiger partial charge >= 0.3 is 0 Å². The summed E-state index contributed by atoms with van der Waals surface area (Å²) >= 11 is 1.68. The summed E-state index contributed by atoms with van der Waals surface area (Å²) in [6, 6.07) is 4.11. The van der Waals surface area contributed by atoms with Gasteiger partial charge in [-0.05, 0) is 32.4 Å². The Morgan fingerprint density at radius 2 is 2.06 bits per heavy atom. The maximum absolute atomic E-state index is 6.21. The molecule has 0 fully saturated rings. The van der Waals surface area contributed by atoms with Crippen LogP contribution in [0.2, 0.25) is 0 Å². The zero-order chi connectivity index (χ0) is 12.4. The summed E-state index contributed by atoms with van der Waals surface area (Å²) in [5, 5.41) is 1.07. The predicted octanol–water partition coefficient (Wildman–Crippen LogP) is 2.71. The summed E-state index contributed by atoms with van der Waals surface area (Å²) in [5.41, 5.74) is 9.47. The van der Waals surface area contributed by atoms with Crippen molar-refractivity contribution in [2.75, 3.05) is 0 Å². The molecule has 0 saturated carbocycles. The lowest BCUT2D eigenvalue weighted by Gasteiger charge is -2.09. The van der Waals surface area contributed by atoms with Crippen molar-refractivity contribution in [3.8, 4) is 0 Å². The van der Waals surface area contributed by atoms with Gasteiger partial charge in [-0.25, -0.2) is 4.98 Å². The van der Waals surface area contributed by atoms with E-state index in [1.165, 1.54) is 10.4 Å². The van der Waals surface area contributed by atoms with Crippen LogP contribution >= 0.6 is 11.3 Å². The van der Waals surface area contributed by atoms with Gasteiger partial charge in [-0.3, -0.25) is 4.98 Å². The van der Waals surface area contributed by atoms with E-state index in [0.717, 1.165) is 22.8 Å². The van der Waals surface area contributed by atoms with Crippen LogP contribution in [0.15, 0.2) is 18.3 Å². The van der Waals surface area contributed by atoms with Gasteiger partial charge in [-0.2, -0.15) is 0 Å². The number of pyridine rings is 1. The monoisotopic (exact) mass is 247 g/mol. The lowest BCUT2D eigenvalue weighted by atomic mass is 10.1. The van der Waals surface area contributed by atoms with Crippen molar-refractivity contribution < 1.29 is 0 Å². The molecule has 3 nitrogen and oxygen atoms in total. The highest BCUT2D eigenvalue weighted by Gasteiger charge is 2.14. The van der Waals surface area contributed by atoms with Gasteiger partial charge in [0.1, 0.15) is 0 Å². The molecule has 2 aromatic heterocycles. The largest absolute Gasteiger partial charge is 0.323 e. The van der Waals surface area contributed by atoms with E-state index in [0.29, 0.717) is 0 Å². The number of hydrogen-bond donors (Lipinski definition) is 1. The molecule has 0 amide bonds. The van der Waals surface area contributed by atoms with E-state index in [-0.39, 0.29) is 6.04 Å². The van der Waals surface area contributed by atoms with E-state index in [9.17, 15) is 0 Å². The van der Waals surface area contributed by atoms with Crippen LogP contribution in [0.5, 0.6) is 0 Å². The molecule has 0 aromatic carbocycles. The fourth-order valence-electron chi connectivity index (χ4n) is 1.83.